The molecule has 6 nitrogen and oxygen atoms in total. The SMILES string of the molecule is CCOc1ccc(C2CC(C(=O)Nc3ccccc3OC)NN2)cc1. The van der Waals surface area contributed by atoms with Gasteiger partial charge in [-0.1, -0.05) is 24.3 Å². The Hall–Kier alpha value is -2.57. The number of nitrogens with one attached hydrogen (secondary N) is 3. The van der Waals surface area contributed by atoms with Crippen molar-refractivity contribution in [2.45, 2.75) is 25.4 Å². The van der Waals surface area contributed by atoms with Crippen LogP contribution in [0.25, 0.3) is 0 Å². The number of ether oxygens (including phenoxy) is 2. The Morgan fingerprint density at radius 1 is 1.16 bits per heavy atom. The molecule has 1 aliphatic rings. The van der Waals surface area contributed by atoms with Crippen molar-refractivity contribution in [1.82, 2.24) is 10.9 Å². The van der Waals surface area contributed by atoms with Crippen LogP contribution in [0, 0.1) is 0 Å². The molecule has 1 heterocycles. The van der Waals surface area contributed by atoms with Gasteiger partial charge in [0.15, 0.2) is 0 Å². The molecule has 2 unspecified atom stereocenters. The summed E-state index contributed by atoms with van der Waals surface area (Å²) in [6.45, 7) is 2.61. The van der Waals surface area contributed by atoms with Crippen molar-refractivity contribution >= 4 is 11.6 Å². The van der Waals surface area contributed by atoms with Crippen LogP contribution >= 0.6 is 0 Å². The monoisotopic (exact) mass is 341 g/mol. The van der Waals surface area contributed by atoms with Crippen LogP contribution in [-0.2, 0) is 4.79 Å². The van der Waals surface area contributed by atoms with E-state index in [0.29, 0.717) is 24.5 Å². The third-order valence-electron chi connectivity index (χ3n) is 4.18. The first-order valence-corrected chi connectivity index (χ1v) is 8.39. The van der Waals surface area contributed by atoms with Gasteiger partial charge in [-0.3, -0.25) is 4.79 Å². The summed E-state index contributed by atoms with van der Waals surface area (Å²) in [6, 6.07) is 15.1. The van der Waals surface area contributed by atoms with E-state index in [2.05, 4.69) is 16.2 Å². The van der Waals surface area contributed by atoms with E-state index in [9.17, 15) is 4.79 Å². The van der Waals surface area contributed by atoms with E-state index in [1.807, 2.05) is 55.5 Å². The van der Waals surface area contributed by atoms with Gasteiger partial charge in [0, 0.05) is 6.04 Å². The van der Waals surface area contributed by atoms with Gasteiger partial charge in [0.05, 0.1) is 19.4 Å². The summed E-state index contributed by atoms with van der Waals surface area (Å²) in [5.74, 6) is 1.40. The molecule has 1 saturated heterocycles. The van der Waals surface area contributed by atoms with Gasteiger partial charge in [0.25, 0.3) is 0 Å². The van der Waals surface area contributed by atoms with Crippen molar-refractivity contribution in [1.29, 1.82) is 0 Å². The highest BCUT2D eigenvalue weighted by Gasteiger charge is 2.30. The van der Waals surface area contributed by atoms with Gasteiger partial charge < -0.3 is 14.8 Å². The summed E-state index contributed by atoms with van der Waals surface area (Å²) in [7, 11) is 1.59. The third kappa shape index (κ3) is 4.10. The maximum Gasteiger partial charge on any atom is 0.243 e. The fourth-order valence-electron chi connectivity index (χ4n) is 2.88. The number of rotatable bonds is 6. The van der Waals surface area contributed by atoms with Crippen LogP contribution in [0.1, 0.15) is 24.9 Å². The van der Waals surface area contributed by atoms with E-state index in [1.165, 1.54) is 0 Å². The van der Waals surface area contributed by atoms with Gasteiger partial charge in [-0.05, 0) is 43.2 Å². The fourth-order valence-corrected chi connectivity index (χ4v) is 2.88. The molecule has 0 bridgehead atoms. The molecule has 3 rings (SSSR count). The van der Waals surface area contributed by atoms with Crippen LogP contribution in [0.15, 0.2) is 48.5 Å². The Morgan fingerprint density at radius 2 is 1.92 bits per heavy atom. The van der Waals surface area contributed by atoms with Crippen LogP contribution in [0.4, 0.5) is 5.69 Å². The quantitative estimate of drug-likeness (QED) is 0.753. The van der Waals surface area contributed by atoms with Gasteiger partial charge in [-0.2, -0.15) is 0 Å². The molecular formula is C19H23N3O3. The minimum atomic E-state index is -0.318. The lowest BCUT2D eigenvalue weighted by molar-refractivity contribution is -0.117. The Morgan fingerprint density at radius 3 is 2.64 bits per heavy atom. The topological polar surface area (TPSA) is 71.6 Å². The summed E-state index contributed by atoms with van der Waals surface area (Å²) in [6.07, 6.45) is 0.662. The van der Waals surface area contributed by atoms with Crippen molar-refractivity contribution in [3.8, 4) is 11.5 Å². The number of anilines is 1. The predicted octanol–water partition coefficient (Wildman–Crippen LogP) is 2.64. The summed E-state index contributed by atoms with van der Waals surface area (Å²) in [4.78, 5) is 12.5. The molecule has 2 atom stereocenters. The van der Waals surface area contributed by atoms with Crippen LogP contribution in [0.5, 0.6) is 11.5 Å². The zero-order chi connectivity index (χ0) is 17.6. The predicted molar refractivity (Wildman–Crippen MR) is 96.7 cm³/mol. The molecule has 0 aliphatic carbocycles. The molecule has 1 amide bonds. The summed E-state index contributed by atoms with van der Waals surface area (Å²) in [5.41, 5.74) is 8.04. The lowest BCUT2D eigenvalue weighted by Gasteiger charge is -2.13. The van der Waals surface area contributed by atoms with E-state index in [1.54, 1.807) is 7.11 Å². The van der Waals surface area contributed by atoms with Gasteiger partial charge in [0.1, 0.15) is 17.5 Å². The molecule has 25 heavy (non-hydrogen) atoms. The van der Waals surface area contributed by atoms with Crippen molar-refractivity contribution in [3.05, 3.63) is 54.1 Å². The van der Waals surface area contributed by atoms with Gasteiger partial charge in [-0.25, -0.2) is 10.9 Å². The smallest absolute Gasteiger partial charge is 0.243 e. The molecular weight excluding hydrogens is 318 g/mol. The Labute approximate surface area is 147 Å². The molecule has 6 heteroatoms. The molecule has 0 saturated carbocycles. The van der Waals surface area contributed by atoms with E-state index in [4.69, 9.17) is 9.47 Å². The highest BCUT2D eigenvalue weighted by atomic mass is 16.5. The first-order valence-electron chi connectivity index (χ1n) is 8.39. The Balaban J connectivity index is 1.61. The van der Waals surface area contributed by atoms with Crippen LogP contribution in [0.3, 0.4) is 0 Å². The molecule has 0 aromatic heterocycles. The number of para-hydroxylation sites is 2. The number of hydrogen-bond donors (Lipinski definition) is 3. The Bertz CT molecular complexity index is 718. The van der Waals surface area contributed by atoms with Crippen molar-refractivity contribution in [2.24, 2.45) is 0 Å². The number of hydrogen-bond acceptors (Lipinski definition) is 5. The lowest BCUT2D eigenvalue weighted by Crippen LogP contribution is -2.39. The van der Waals surface area contributed by atoms with E-state index >= 15 is 0 Å². The minimum absolute atomic E-state index is 0.0732. The maximum atomic E-state index is 12.5. The van der Waals surface area contributed by atoms with E-state index < -0.39 is 0 Å². The van der Waals surface area contributed by atoms with Crippen LogP contribution in [0.2, 0.25) is 0 Å². The number of methoxy groups -OCH3 is 1. The summed E-state index contributed by atoms with van der Waals surface area (Å²) in [5, 5.41) is 2.91. The molecule has 0 radical (unpaired) electrons. The summed E-state index contributed by atoms with van der Waals surface area (Å²) >= 11 is 0. The minimum Gasteiger partial charge on any atom is -0.495 e. The largest absolute Gasteiger partial charge is 0.495 e. The average molecular weight is 341 g/mol. The summed E-state index contributed by atoms with van der Waals surface area (Å²) < 4.78 is 10.7. The van der Waals surface area contributed by atoms with Crippen LogP contribution in [-0.4, -0.2) is 25.7 Å². The normalized spacial score (nSPS) is 19.4. The average Bonchev–Trinajstić information content (AvgIpc) is 3.13. The molecule has 3 N–H and O–H groups in total. The van der Waals surface area contributed by atoms with Gasteiger partial charge in [0.2, 0.25) is 5.91 Å². The molecule has 1 aliphatic heterocycles. The number of carbonyl (C=O) groups is 1. The van der Waals surface area contributed by atoms with E-state index in [0.717, 1.165) is 11.3 Å². The van der Waals surface area contributed by atoms with Crippen LogP contribution < -0.4 is 25.6 Å². The standard InChI is InChI=1S/C19H23N3O3/c1-3-25-14-10-8-13(9-11-14)16-12-17(22-21-16)19(23)20-15-6-4-5-7-18(15)24-2/h4-11,16-17,21-22H,3,12H2,1-2H3,(H,20,23). The van der Waals surface area contributed by atoms with Gasteiger partial charge in [-0.15, -0.1) is 0 Å². The fraction of sp³-hybridized carbons (Fsp3) is 0.316. The second kappa shape index (κ2) is 8.00. The highest BCUT2D eigenvalue weighted by molar-refractivity contribution is 5.96. The Kier molecular flexibility index (Phi) is 5.53. The van der Waals surface area contributed by atoms with Gasteiger partial charge >= 0.3 is 0 Å². The zero-order valence-corrected chi connectivity index (χ0v) is 14.4. The van der Waals surface area contributed by atoms with Crippen molar-refractivity contribution in [3.63, 3.8) is 0 Å². The number of carbonyl (C=O) groups excluding carboxylic acids is 1. The molecule has 1 fully saturated rings. The zero-order valence-electron chi connectivity index (χ0n) is 14.4. The molecule has 132 valence electrons. The second-order valence-electron chi connectivity index (χ2n) is 5.82. The lowest BCUT2D eigenvalue weighted by atomic mass is 10.0. The number of hydrazine groups is 1. The first-order chi connectivity index (χ1) is 12.2. The highest BCUT2D eigenvalue weighted by Crippen LogP contribution is 2.27. The molecule has 0 spiro atoms. The number of benzene rings is 2. The molecule has 2 aromatic carbocycles. The maximum absolute atomic E-state index is 12.5. The van der Waals surface area contributed by atoms with Crippen molar-refractivity contribution < 1.29 is 14.3 Å². The molecule has 2 aromatic rings. The first kappa shape index (κ1) is 17.3. The van der Waals surface area contributed by atoms with Crippen molar-refractivity contribution in [2.75, 3.05) is 19.0 Å². The number of amides is 1. The van der Waals surface area contributed by atoms with E-state index in [-0.39, 0.29) is 18.0 Å². The third-order valence-corrected chi connectivity index (χ3v) is 4.18. The second-order valence-corrected chi connectivity index (χ2v) is 5.82.